The van der Waals surface area contributed by atoms with E-state index in [1.54, 1.807) is 0 Å². The minimum absolute atomic E-state index is 0.876. The maximum atomic E-state index is 2.79. The first-order chi connectivity index (χ1) is 9.22. The van der Waals surface area contributed by atoms with Gasteiger partial charge in [0.1, 0.15) is 0 Å². The fourth-order valence-electron chi connectivity index (χ4n) is 4.34. The summed E-state index contributed by atoms with van der Waals surface area (Å²) in [5, 5.41) is 0. The van der Waals surface area contributed by atoms with Crippen molar-refractivity contribution in [3.63, 3.8) is 0 Å². The topological polar surface area (TPSA) is 9.72 Å². The van der Waals surface area contributed by atoms with Crippen molar-refractivity contribution in [2.45, 2.75) is 51.1 Å². The molecule has 2 unspecified atom stereocenters. The minimum Gasteiger partial charge on any atom is -0.306 e. The number of piperidine rings is 1. The zero-order valence-corrected chi connectivity index (χ0v) is 12.9. The third-order valence-corrected chi connectivity index (χ3v) is 5.74. The molecule has 19 heavy (non-hydrogen) atoms. The minimum atomic E-state index is 0.876. The monoisotopic (exact) mass is 265 g/mol. The normalized spacial score (nSPS) is 36.9. The SMILES string of the molecule is CC1CCC(N2CCN(C3CCN(C)CC3)CC2)C1. The lowest BCUT2D eigenvalue weighted by Gasteiger charge is -2.43. The van der Waals surface area contributed by atoms with Gasteiger partial charge < -0.3 is 4.90 Å². The lowest BCUT2D eigenvalue weighted by Crippen LogP contribution is -2.54. The highest BCUT2D eigenvalue weighted by Crippen LogP contribution is 2.29. The van der Waals surface area contributed by atoms with Crippen molar-refractivity contribution in [1.29, 1.82) is 0 Å². The second-order valence-corrected chi connectivity index (χ2v) is 7.18. The first-order valence-electron chi connectivity index (χ1n) is 8.39. The van der Waals surface area contributed by atoms with Crippen LogP contribution in [0.1, 0.15) is 39.0 Å². The van der Waals surface area contributed by atoms with Gasteiger partial charge in [-0.1, -0.05) is 6.92 Å². The first kappa shape index (κ1) is 13.8. The third kappa shape index (κ3) is 3.32. The van der Waals surface area contributed by atoms with Crippen molar-refractivity contribution in [2.75, 3.05) is 46.3 Å². The van der Waals surface area contributed by atoms with E-state index in [2.05, 4.69) is 28.7 Å². The van der Waals surface area contributed by atoms with Gasteiger partial charge in [0.05, 0.1) is 0 Å². The Morgan fingerprint density at radius 3 is 1.79 bits per heavy atom. The molecule has 3 aliphatic rings. The van der Waals surface area contributed by atoms with Crippen LogP contribution in [0, 0.1) is 5.92 Å². The standard InChI is InChI=1S/C16H31N3/c1-14-3-4-16(13-14)19-11-9-18(10-12-19)15-5-7-17(2)8-6-15/h14-16H,3-13H2,1-2H3. The summed E-state index contributed by atoms with van der Waals surface area (Å²) in [5.74, 6) is 0.969. The van der Waals surface area contributed by atoms with Gasteiger partial charge in [0.25, 0.3) is 0 Å². The average molecular weight is 265 g/mol. The number of hydrogen-bond donors (Lipinski definition) is 0. The molecule has 0 bridgehead atoms. The van der Waals surface area contributed by atoms with Gasteiger partial charge in [-0.15, -0.1) is 0 Å². The lowest BCUT2D eigenvalue weighted by atomic mass is 10.0. The Kier molecular flexibility index (Phi) is 4.45. The van der Waals surface area contributed by atoms with Gasteiger partial charge in [-0.25, -0.2) is 0 Å². The summed E-state index contributed by atoms with van der Waals surface area (Å²) in [6.07, 6.45) is 7.14. The molecule has 1 aliphatic carbocycles. The molecule has 3 fully saturated rings. The average Bonchev–Trinajstić information content (AvgIpc) is 2.87. The molecule has 3 nitrogen and oxygen atoms in total. The van der Waals surface area contributed by atoms with Gasteiger partial charge in [-0.05, 0) is 58.2 Å². The molecule has 0 aromatic carbocycles. The van der Waals surface area contributed by atoms with Gasteiger partial charge in [0.2, 0.25) is 0 Å². The molecule has 0 amide bonds. The Hall–Kier alpha value is -0.120. The number of rotatable bonds is 2. The number of nitrogens with zero attached hydrogens (tertiary/aromatic N) is 3. The summed E-state index contributed by atoms with van der Waals surface area (Å²) >= 11 is 0. The van der Waals surface area contributed by atoms with Crippen LogP contribution in [0.4, 0.5) is 0 Å². The molecule has 2 aliphatic heterocycles. The van der Waals surface area contributed by atoms with Crippen LogP contribution in [-0.2, 0) is 0 Å². The van der Waals surface area contributed by atoms with Crippen molar-refractivity contribution in [1.82, 2.24) is 14.7 Å². The predicted octanol–water partition coefficient (Wildman–Crippen LogP) is 1.89. The van der Waals surface area contributed by atoms with Crippen molar-refractivity contribution in [3.05, 3.63) is 0 Å². The van der Waals surface area contributed by atoms with Crippen LogP contribution in [0.3, 0.4) is 0 Å². The highest BCUT2D eigenvalue weighted by Gasteiger charge is 2.31. The highest BCUT2D eigenvalue weighted by molar-refractivity contribution is 4.87. The first-order valence-corrected chi connectivity index (χ1v) is 8.39. The van der Waals surface area contributed by atoms with E-state index in [1.165, 1.54) is 71.4 Å². The van der Waals surface area contributed by atoms with Gasteiger partial charge in [-0.3, -0.25) is 9.80 Å². The van der Waals surface area contributed by atoms with E-state index in [4.69, 9.17) is 0 Å². The van der Waals surface area contributed by atoms with E-state index in [1.807, 2.05) is 0 Å². The second-order valence-electron chi connectivity index (χ2n) is 7.18. The molecule has 0 aromatic rings. The van der Waals surface area contributed by atoms with Crippen LogP contribution in [0.15, 0.2) is 0 Å². The molecule has 110 valence electrons. The Morgan fingerprint density at radius 1 is 0.684 bits per heavy atom. The number of likely N-dealkylation sites (tertiary alicyclic amines) is 1. The van der Waals surface area contributed by atoms with Crippen molar-refractivity contribution < 1.29 is 0 Å². The molecule has 3 rings (SSSR count). The lowest BCUT2D eigenvalue weighted by molar-refractivity contribution is 0.0469. The molecular weight excluding hydrogens is 234 g/mol. The molecule has 0 aromatic heterocycles. The summed E-state index contributed by atoms with van der Waals surface area (Å²) in [6, 6.07) is 1.79. The number of hydrogen-bond acceptors (Lipinski definition) is 3. The molecule has 3 heteroatoms. The molecule has 1 saturated carbocycles. The Balaban J connectivity index is 1.44. The largest absolute Gasteiger partial charge is 0.306 e. The van der Waals surface area contributed by atoms with Gasteiger partial charge in [0, 0.05) is 38.3 Å². The summed E-state index contributed by atoms with van der Waals surface area (Å²) in [4.78, 5) is 8.05. The van der Waals surface area contributed by atoms with Crippen molar-refractivity contribution >= 4 is 0 Å². The Morgan fingerprint density at radius 2 is 1.26 bits per heavy atom. The van der Waals surface area contributed by atoms with Crippen LogP contribution in [0.5, 0.6) is 0 Å². The molecule has 2 saturated heterocycles. The van der Waals surface area contributed by atoms with Crippen LogP contribution in [-0.4, -0.2) is 73.1 Å². The van der Waals surface area contributed by atoms with Gasteiger partial charge in [0.15, 0.2) is 0 Å². The molecule has 2 atom stereocenters. The predicted molar refractivity (Wildman–Crippen MR) is 80.5 cm³/mol. The third-order valence-electron chi connectivity index (χ3n) is 5.74. The van der Waals surface area contributed by atoms with Crippen LogP contribution in [0.25, 0.3) is 0 Å². The Bertz CT molecular complexity index is 278. The number of piperazine rings is 1. The zero-order valence-electron chi connectivity index (χ0n) is 12.9. The van der Waals surface area contributed by atoms with E-state index in [9.17, 15) is 0 Å². The molecular formula is C16H31N3. The summed E-state index contributed by atoms with van der Waals surface area (Å²) in [6.45, 7) is 10.3. The Labute approximate surface area is 118 Å². The van der Waals surface area contributed by atoms with Gasteiger partial charge >= 0.3 is 0 Å². The molecule has 0 radical (unpaired) electrons. The fourth-order valence-corrected chi connectivity index (χ4v) is 4.34. The smallest absolute Gasteiger partial charge is 0.0121 e. The zero-order chi connectivity index (χ0) is 13.2. The highest BCUT2D eigenvalue weighted by atomic mass is 15.3. The van der Waals surface area contributed by atoms with E-state index in [0.29, 0.717) is 0 Å². The molecule has 2 heterocycles. The van der Waals surface area contributed by atoms with Crippen LogP contribution >= 0.6 is 0 Å². The maximum absolute atomic E-state index is 2.79. The van der Waals surface area contributed by atoms with Gasteiger partial charge in [-0.2, -0.15) is 0 Å². The molecule has 0 spiro atoms. The van der Waals surface area contributed by atoms with E-state index in [0.717, 1.165) is 18.0 Å². The van der Waals surface area contributed by atoms with E-state index < -0.39 is 0 Å². The quantitative estimate of drug-likeness (QED) is 0.755. The summed E-state index contributed by atoms with van der Waals surface area (Å²) in [5.41, 5.74) is 0. The maximum Gasteiger partial charge on any atom is 0.0121 e. The van der Waals surface area contributed by atoms with E-state index in [-0.39, 0.29) is 0 Å². The molecule has 0 N–H and O–H groups in total. The fraction of sp³-hybridized carbons (Fsp3) is 1.00. The second kappa shape index (κ2) is 6.11. The summed E-state index contributed by atoms with van der Waals surface area (Å²) in [7, 11) is 2.26. The van der Waals surface area contributed by atoms with Crippen molar-refractivity contribution in [2.24, 2.45) is 5.92 Å². The van der Waals surface area contributed by atoms with Crippen LogP contribution < -0.4 is 0 Å². The van der Waals surface area contributed by atoms with Crippen LogP contribution in [0.2, 0.25) is 0 Å². The van der Waals surface area contributed by atoms with E-state index >= 15 is 0 Å². The summed E-state index contributed by atoms with van der Waals surface area (Å²) < 4.78 is 0. The van der Waals surface area contributed by atoms with Crippen molar-refractivity contribution in [3.8, 4) is 0 Å².